The van der Waals surface area contributed by atoms with E-state index >= 15 is 0 Å². The summed E-state index contributed by atoms with van der Waals surface area (Å²) in [5.74, 6) is 2.46. The van der Waals surface area contributed by atoms with Crippen LogP contribution in [0.4, 0.5) is 0 Å². The summed E-state index contributed by atoms with van der Waals surface area (Å²) in [6, 6.07) is 12.9. The van der Waals surface area contributed by atoms with Gasteiger partial charge in [-0.05, 0) is 29.8 Å². The maximum Gasteiger partial charge on any atom is 0.260 e. The number of hydrogen-bond acceptors (Lipinski definition) is 5. The molecule has 0 saturated carbocycles. The van der Waals surface area contributed by atoms with E-state index in [9.17, 15) is 4.79 Å². The smallest absolute Gasteiger partial charge is 0.260 e. The number of likely N-dealkylation sites (N-methyl/N-ethyl adjacent to an activating group) is 1. The van der Waals surface area contributed by atoms with Crippen LogP contribution in [0.1, 0.15) is 5.56 Å². The first-order chi connectivity index (χ1) is 11.7. The maximum atomic E-state index is 12.3. The van der Waals surface area contributed by atoms with E-state index < -0.39 is 0 Å². The normalized spacial score (nSPS) is 11.9. The lowest BCUT2D eigenvalue weighted by molar-refractivity contribution is -0.132. The Kier molecular flexibility index (Phi) is 4.74. The summed E-state index contributed by atoms with van der Waals surface area (Å²) < 4.78 is 21.4. The van der Waals surface area contributed by atoms with E-state index in [1.54, 1.807) is 31.2 Å². The van der Waals surface area contributed by atoms with Gasteiger partial charge in [-0.3, -0.25) is 4.79 Å². The summed E-state index contributed by atoms with van der Waals surface area (Å²) in [5, 5.41) is 0. The number of benzene rings is 2. The van der Waals surface area contributed by atoms with Crippen LogP contribution in [-0.4, -0.2) is 38.4 Å². The molecule has 2 aromatic carbocycles. The van der Waals surface area contributed by atoms with E-state index in [4.69, 9.17) is 18.9 Å². The van der Waals surface area contributed by atoms with Gasteiger partial charge in [0.2, 0.25) is 6.79 Å². The van der Waals surface area contributed by atoms with Crippen LogP contribution in [0.2, 0.25) is 0 Å². The Balaban J connectivity index is 1.57. The molecule has 6 heteroatoms. The average molecular weight is 329 g/mol. The minimum Gasteiger partial charge on any atom is -0.493 e. The molecule has 0 fully saturated rings. The number of carbonyl (C=O) groups is 1. The number of nitrogens with zero attached hydrogens (tertiary/aromatic N) is 1. The van der Waals surface area contributed by atoms with Gasteiger partial charge in [-0.2, -0.15) is 0 Å². The molecule has 126 valence electrons. The van der Waals surface area contributed by atoms with Crippen molar-refractivity contribution in [3.8, 4) is 23.0 Å². The second-order valence-corrected chi connectivity index (χ2v) is 5.38. The van der Waals surface area contributed by atoms with Gasteiger partial charge in [-0.15, -0.1) is 0 Å². The van der Waals surface area contributed by atoms with Gasteiger partial charge in [-0.25, -0.2) is 0 Å². The minimum absolute atomic E-state index is 0.0541. The number of fused-ring (bicyclic) bond motifs is 1. The van der Waals surface area contributed by atoms with E-state index in [0.29, 0.717) is 23.8 Å². The van der Waals surface area contributed by atoms with Crippen LogP contribution in [0.5, 0.6) is 23.0 Å². The number of amides is 1. The zero-order valence-electron chi connectivity index (χ0n) is 13.7. The van der Waals surface area contributed by atoms with Gasteiger partial charge in [0.05, 0.1) is 7.11 Å². The molecule has 1 heterocycles. The van der Waals surface area contributed by atoms with Crippen LogP contribution in [-0.2, 0) is 11.3 Å². The third-order valence-electron chi connectivity index (χ3n) is 3.70. The highest BCUT2D eigenvalue weighted by Gasteiger charge is 2.16. The summed E-state index contributed by atoms with van der Waals surface area (Å²) in [6.45, 7) is 0.645. The maximum absolute atomic E-state index is 12.3. The lowest BCUT2D eigenvalue weighted by Crippen LogP contribution is -2.31. The molecule has 1 amide bonds. The molecule has 0 aliphatic carbocycles. The average Bonchev–Trinajstić information content (AvgIpc) is 3.07. The Hall–Kier alpha value is -2.89. The van der Waals surface area contributed by atoms with Crippen molar-refractivity contribution in [3.63, 3.8) is 0 Å². The Labute approximate surface area is 140 Å². The van der Waals surface area contributed by atoms with Gasteiger partial charge in [0.15, 0.2) is 29.6 Å². The molecule has 1 aliphatic rings. The third kappa shape index (κ3) is 3.53. The highest BCUT2D eigenvalue weighted by Crippen LogP contribution is 2.32. The number of rotatable bonds is 6. The van der Waals surface area contributed by atoms with E-state index in [2.05, 4.69) is 0 Å². The molecule has 0 saturated heterocycles. The number of methoxy groups -OCH3 is 1. The zero-order chi connectivity index (χ0) is 16.9. The monoisotopic (exact) mass is 329 g/mol. The van der Waals surface area contributed by atoms with Gasteiger partial charge < -0.3 is 23.8 Å². The first-order valence-corrected chi connectivity index (χ1v) is 7.55. The topological polar surface area (TPSA) is 57.2 Å². The molecule has 0 unspecified atom stereocenters. The van der Waals surface area contributed by atoms with Gasteiger partial charge in [0.1, 0.15) is 0 Å². The molecule has 0 atom stereocenters. The first kappa shape index (κ1) is 16.0. The van der Waals surface area contributed by atoms with Crippen LogP contribution < -0.4 is 18.9 Å². The Bertz CT molecular complexity index is 731. The minimum atomic E-state index is -0.126. The Morgan fingerprint density at radius 3 is 2.67 bits per heavy atom. The summed E-state index contributed by atoms with van der Waals surface area (Å²) in [4.78, 5) is 13.9. The predicted molar refractivity (Wildman–Crippen MR) is 87.5 cm³/mol. The fourth-order valence-corrected chi connectivity index (χ4v) is 2.39. The summed E-state index contributed by atoms with van der Waals surface area (Å²) >= 11 is 0. The molecule has 0 spiro atoms. The molecule has 6 nitrogen and oxygen atoms in total. The molecule has 24 heavy (non-hydrogen) atoms. The number of ether oxygens (including phenoxy) is 4. The van der Waals surface area contributed by atoms with E-state index in [-0.39, 0.29) is 19.3 Å². The fourth-order valence-electron chi connectivity index (χ4n) is 2.39. The molecule has 0 aromatic heterocycles. The first-order valence-electron chi connectivity index (χ1n) is 7.55. The molecular weight excluding hydrogens is 310 g/mol. The molecule has 0 bridgehead atoms. The summed E-state index contributed by atoms with van der Waals surface area (Å²) in [7, 11) is 3.30. The van der Waals surface area contributed by atoms with Crippen molar-refractivity contribution in [2.75, 3.05) is 27.6 Å². The largest absolute Gasteiger partial charge is 0.493 e. The predicted octanol–water partition coefficient (Wildman–Crippen LogP) is 2.46. The lowest BCUT2D eigenvalue weighted by atomic mass is 10.2. The summed E-state index contributed by atoms with van der Waals surface area (Å²) in [5.41, 5.74) is 0.965. The van der Waals surface area contributed by atoms with Crippen LogP contribution >= 0.6 is 0 Å². The van der Waals surface area contributed by atoms with Crippen molar-refractivity contribution in [3.05, 3.63) is 48.0 Å². The second-order valence-electron chi connectivity index (χ2n) is 5.38. The number of carbonyl (C=O) groups excluding carboxylic acids is 1. The zero-order valence-corrected chi connectivity index (χ0v) is 13.7. The van der Waals surface area contributed by atoms with Crippen LogP contribution in [0, 0.1) is 0 Å². The Morgan fingerprint density at radius 1 is 1.12 bits per heavy atom. The molecule has 0 radical (unpaired) electrons. The van der Waals surface area contributed by atoms with Crippen LogP contribution in [0.25, 0.3) is 0 Å². The van der Waals surface area contributed by atoms with Crippen molar-refractivity contribution < 1.29 is 23.7 Å². The highest BCUT2D eigenvalue weighted by molar-refractivity contribution is 5.77. The van der Waals surface area contributed by atoms with Crippen molar-refractivity contribution >= 4 is 5.91 Å². The number of para-hydroxylation sites is 2. The van der Waals surface area contributed by atoms with Crippen molar-refractivity contribution in [1.82, 2.24) is 4.90 Å². The van der Waals surface area contributed by atoms with E-state index in [1.165, 1.54) is 0 Å². The van der Waals surface area contributed by atoms with Gasteiger partial charge in [0, 0.05) is 13.6 Å². The quantitative estimate of drug-likeness (QED) is 0.815. The van der Waals surface area contributed by atoms with Crippen molar-refractivity contribution in [1.29, 1.82) is 0 Å². The lowest BCUT2D eigenvalue weighted by Gasteiger charge is -2.18. The molecule has 2 aromatic rings. The number of hydrogen-bond donors (Lipinski definition) is 0. The summed E-state index contributed by atoms with van der Waals surface area (Å²) in [6.07, 6.45) is 0. The van der Waals surface area contributed by atoms with E-state index in [1.807, 2.05) is 30.3 Å². The SMILES string of the molecule is COc1ccccc1OCC(=O)N(C)Cc1ccc2c(c1)OCO2. The van der Waals surface area contributed by atoms with Crippen LogP contribution in [0.15, 0.2) is 42.5 Å². The standard InChI is InChI=1S/C18H19NO5/c1-19(10-13-7-8-16-17(9-13)24-12-23-16)18(20)11-22-15-6-4-3-5-14(15)21-2/h3-9H,10-12H2,1-2H3. The molecular formula is C18H19NO5. The van der Waals surface area contributed by atoms with Crippen molar-refractivity contribution in [2.24, 2.45) is 0 Å². The molecule has 0 N–H and O–H groups in total. The fraction of sp³-hybridized carbons (Fsp3) is 0.278. The second kappa shape index (κ2) is 7.12. The third-order valence-corrected chi connectivity index (χ3v) is 3.70. The van der Waals surface area contributed by atoms with Crippen molar-refractivity contribution in [2.45, 2.75) is 6.54 Å². The Morgan fingerprint density at radius 2 is 1.88 bits per heavy atom. The molecule has 1 aliphatic heterocycles. The van der Waals surface area contributed by atoms with Gasteiger partial charge >= 0.3 is 0 Å². The highest BCUT2D eigenvalue weighted by atomic mass is 16.7. The van der Waals surface area contributed by atoms with E-state index in [0.717, 1.165) is 11.3 Å². The van der Waals surface area contributed by atoms with Gasteiger partial charge in [0.25, 0.3) is 5.91 Å². The molecule has 3 rings (SSSR count). The van der Waals surface area contributed by atoms with Crippen LogP contribution in [0.3, 0.4) is 0 Å². The van der Waals surface area contributed by atoms with Gasteiger partial charge in [-0.1, -0.05) is 18.2 Å².